The average Bonchev–Trinajstić information content (AvgIpc) is 2.28. The molecule has 0 saturated carbocycles. The molecule has 0 aliphatic heterocycles. The van der Waals surface area contributed by atoms with Crippen LogP contribution in [0.15, 0.2) is 30.3 Å². The smallest absolute Gasteiger partial charge is 0.296 e. The van der Waals surface area contributed by atoms with Crippen LogP contribution in [0.3, 0.4) is 0 Å². The Labute approximate surface area is 89.7 Å². The predicted molar refractivity (Wildman–Crippen MR) is 59.8 cm³/mol. The second-order valence-corrected chi connectivity index (χ2v) is 2.83. The van der Waals surface area contributed by atoms with E-state index in [9.17, 15) is 4.79 Å². The summed E-state index contributed by atoms with van der Waals surface area (Å²) >= 11 is 0. The van der Waals surface area contributed by atoms with Crippen molar-refractivity contribution < 1.29 is 4.79 Å². The fourth-order valence-electron chi connectivity index (χ4n) is 0.943. The minimum Gasteiger partial charge on any atom is -0.344 e. The highest BCUT2D eigenvalue weighted by Crippen LogP contribution is 1.94. The molecule has 0 bridgehead atoms. The maximum atomic E-state index is 11.1. The van der Waals surface area contributed by atoms with Gasteiger partial charge in [-0.2, -0.15) is 0 Å². The lowest BCUT2D eigenvalue weighted by Gasteiger charge is -1.94. The van der Waals surface area contributed by atoms with E-state index < -0.39 is 0 Å². The molecule has 0 aliphatic carbocycles. The third kappa shape index (κ3) is 4.55. The summed E-state index contributed by atoms with van der Waals surface area (Å²) in [4.78, 5) is 11.1. The number of hydrogen-bond acceptors (Lipinski definition) is 1. The largest absolute Gasteiger partial charge is 0.344 e. The van der Waals surface area contributed by atoms with E-state index in [1.807, 2.05) is 30.3 Å². The van der Waals surface area contributed by atoms with Gasteiger partial charge in [0.25, 0.3) is 5.91 Å². The van der Waals surface area contributed by atoms with Gasteiger partial charge in [-0.25, -0.2) is 0 Å². The summed E-state index contributed by atoms with van der Waals surface area (Å²) in [6, 6.07) is 9.35. The maximum absolute atomic E-state index is 11.1. The maximum Gasteiger partial charge on any atom is 0.296 e. The Morgan fingerprint density at radius 1 is 1.33 bits per heavy atom. The van der Waals surface area contributed by atoms with Crippen LogP contribution in [0.4, 0.5) is 0 Å². The van der Waals surface area contributed by atoms with E-state index in [0.717, 1.165) is 5.56 Å². The zero-order valence-electron chi connectivity index (χ0n) is 8.29. The number of terminal acetylenes is 1. The fourth-order valence-corrected chi connectivity index (χ4v) is 0.943. The van der Waals surface area contributed by atoms with Crippen LogP contribution in [0.2, 0.25) is 0 Å². The molecular formula is C13H11NO. The molecule has 2 nitrogen and oxygen atoms in total. The summed E-state index contributed by atoms with van der Waals surface area (Å²) in [5.74, 6) is 7.38. The summed E-state index contributed by atoms with van der Waals surface area (Å²) in [5.41, 5.74) is 0.824. The van der Waals surface area contributed by atoms with Crippen LogP contribution >= 0.6 is 0 Å². The topological polar surface area (TPSA) is 29.1 Å². The molecule has 0 aliphatic rings. The summed E-state index contributed by atoms with van der Waals surface area (Å²) < 4.78 is 0. The number of rotatable bonds is 2. The monoisotopic (exact) mass is 197 g/mol. The molecule has 0 aromatic heterocycles. The van der Waals surface area contributed by atoms with Crippen LogP contribution < -0.4 is 5.32 Å². The molecule has 0 fully saturated rings. The Hall–Kier alpha value is -2.19. The van der Waals surface area contributed by atoms with Crippen LogP contribution in [0.5, 0.6) is 0 Å². The standard InChI is InChI=1S/C13H11NO/c1-2-3-11-14-13(15)10-9-12-7-5-4-6-8-12/h1,4-8H,3,11H2,(H,14,15). The van der Waals surface area contributed by atoms with Crippen molar-refractivity contribution >= 4 is 5.91 Å². The number of amides is 1. The first-order valence-electron chi connectivity index (χ1n) is 4.61. The molecule has 0 radical (unpaired) electrons. The Bertz CT molecular complexity index is 417. The normalized spacial score (nSPS) is 8.20. The van der Waals surface area contributed by atoms with E-state index in [4.69, 9.17) is 6.42 Å². The zero-order chi connectivity index (χ0) is 10.9. The Morgan fingerprint density at radius 3 is 2.73 bits per heavy atom. The zero-order valence-corrected chi connectivity index (χ0v) is 8.29. The van der Waals surface area contributed by atoms with Crippen molar-refractivity contribution in [3.8, 4) is 24.2 Å². The third-order valence-corrected chi connectivity index (χ3v) is 1.65. The van der Waals surface area contributed by atoms with Gasteiger partial charge in [0.2, 0.25) is 0 Å². The Balaban J connectivity index is 2.45. The molecule has 1 aromatic rings. The van der Waals surface area contributed by atoms with Crippen molar-refractivity contribution in [3.05, 3.63) is 35.9 Å². The van der Waals surface area contributed by atoms with Gasteiger partial charge in [0.05, 0.1) is 0 Å². The van der Waals surface area contributed by atoms with Gasteiger partial charge in [0, 0.05) is 24.4 Å². The minimum absolute atomic E-state index is 0.297. The molecule has 0 spiro atoms. The molecular weight excluding hydrogens is 186 g/mol. The quantitative estimate of drug-likeness (QED) is 0.559. The number of hydrogen-bond donors (Lipinski definition) is 1. The molecule has 0 heterocycles. The van der Waals surface area contributed by atoms with Crippen molar-refractivity contribution in [2.24, 2.45) is 0 Å². The molecule has 1 amide bonds. The summed E-state index contributed by atoms with van der Waals surface area (Å²) in [7, 11) is 0. The van der Waals surface area contributed by atoms with E-state index in [0.29, 0.717) is 13.0 Å². The predicted octanol–water partition coefficient (Wildman–Crippen LogP) is 1.18. The van der Waals surface area contributed by atoms with Crippen LogP contribution in [0, 0.1) is 24.2 Å². The SMILES string of the molecule is C#CCCNC(=O)C#Cc1ccccc1. The minimum atomic E-state index is -0.297. The van der Waals surface area contributed by atoms with Crippen LogP contribution in [-0.4, -0.2) is 12.5 Å². The number of benzene rings is 1. The molecule has 1 N–H and O–H groups in total. The molecule has 1 rings (SSSR count). The van der Waals surface area contributed by atoms with Gasteiger partial charge in [-0.3, -0.25) is 4.79 Å². The van der Waals surface area contributed by atoms with E-state index in [2.05, 4.69) is 23.1 Å². The highest BCUT2D eigenvalue weighted by atomic mass is 16.1. The second-order valence-electron chi connectivity index (χ2n) is 2.83. The molecule has 15 heavy (non-hydrogen) atoms. The average molecular weight is 197 g/mol. The van der Waals surface area contributed by atoms with Crippen molar-refractivity contribution in [2.45, 2.75) is 6.42 Å². The molecule has 2 heteroatoms. The van der Waals surface area contributed by atoms with E-state index in [1.165, 1.54) is 0 Å². The van der Waals surface area contributed by atoms with Crippen LogP contribution in [0.25, 0.3) is 0 Å². The second kappa shape index (κ2) is 6.29. The van der Waals surface area contributed by atoms with Gasteiger partial charge >= 0.3 is 0 Å². The van der Waals surface area contributed by atoms with Crippen molar-refractivity contribution in [3.63, 3.8) is 0 Å². The highest BCUT2D eigenvalue weighted by Gasteiger charge is 1.91. The van der Waals surface area contributed by atoms with Crippen LogP contribution in [-0.2, 0) is 4.79 Å². The van der Waals surface area contributed by atoms with E-state index in [1.54, 1.807) is 0 Å². The van der Waals surface area contributed by atoms with Crippen molar-refractivity contribution in [1.82, 2.24) is 5.32 Å². The highest BCUT2D eigenvalue weighted by molar-refractivity contribution is 5.94. The van der Waals surface area contributed by atoms with E-state index >= 15 is 0 Å². The number of carbonyl (C=O) groups is 1. The lowest BCUT2D eigenvalue weighted by molar-refractivity contribution is -0.115. The molecule has 0 unspecified atom stereocenters. The number of carbonyl (C=O) groups excluding carboxylic acids is 1. The van der Waals surface area contributed by atoms with E-state index in [-0.39, 0.29) is 5.91 Å². The van der Waals surface area contributed by atoms with Crippen molar-refractivity contribution in [1.29, 1.82) is 0 Å². The van der Waals surface area contributed by atoms with Gasteiger partial charge in [-0.05, 0) is 12.1 Å². The van der Waals surface area contributed by atoms with Gasteiger partial charge in [-0.1, -0.05) is 24.1 Å². The lowest BCUT2D eigenvalue weighted by Crippen LogP contribution is -2.22. The Kier molecular flexibility index (Phi) is 4.57. The third-order valence-electron chi connectivity index (χ3n) is 1.65. The summed E-state index contributed by atoms with van der Waals surface area (Å²) in [6.07, 6.45) is 5.57. The van der Waals surface area contributed by atoms with Gasteiger partial charge < -0.3 is 5.32 Å². The summed E-state index contributed by atoms with van der Waals surface area (Å²) in [6.45, 7) is 0.471. The van der Waals surface area contributed by atoms with Gasteiger partial charge in [-0.15, -0.1) is 12.3 Å². The fraction of sp³-hybridized carbons (Fsp3) is 0.154. The first-order chi connectivity index (χ1) is 7.33. The first kappa shape index (κ1) is 10.9. The lowest BCUT2D eigenvalue weighted by atomic mass is 10.2. The molecule has 0 atom stereocenters. The van der Waals surface area contributed by atoms with Gasteiger partial charge in [0.1, 0.15) is 0 Å². The molecule has 74 valence electrons. The Morgan fingerprint density at radius 2 is 2.07 bits per heavy atom. The molecule has 1 aromatic carbocycles. The molecule has 0 saturated heterocycles. The van der Waals surface area contributed by atoms with Crippen LogP contribution in [0.1, 0.15) is 12.0 Å². The number of nitrogens with one attached hydrogen (secondary N) is 1. The first-order valence-corrected chi connectivity index (χ1v) is 4.61. The summed E-state index contributed by atoms with van der Waals surface area (Å²) in [5, 5.41) is 2.60. The van der Waals surface area contributed by atoms with Gasteiger partial charge in [0.15, 0.2) is 0 Å². The van der Waals surface area contributed by atoms with Crippen molar-refractivity contribution in [2.75, 3.05) is 6.54 Å².